The molecule has 1 nitrogen and oxygen atoms in total. The van der Waals surface area contributed by atoms with Crippen LogP contribution in [0.15, 0.2) is 18.2 Å². The van der Waals surface area contributed by atoms with Gasteiger partial charge in [0, 0.05) is 11.6 Å². The second-order valence-electron chi connectivity index (χ2n) is 3.45. The Morgan fingerprint density at radius 1 is 1.54 bits per heavy atom. The number of aliphatic hydroxyl groups is 1. The van der Waals surface area contributed by atoms with Crippen LogP contribution in [-0.2, 0) is 0 Å². The first-order chi connectivity index (χ1) is 6.22. The Kier molecular flexibility index (Phi) is 2.26. The van der Waals surface area contributed by atoms with Gasteiger partial charge in [-0.3, -0.25) is 0 Å². The molecular weight excluding hydrogens is 191 g/mol. The van der Waals surface area contributed by atoms with Crippen LogP contribution in [0.1, 0.15) is 17.9 Å². The molecule has 0 aromatic heterocycles. The van der Waals surface area contributed by atoms with E-state index in [1.807, 2.05) is 0 Å². The van der Waals surface area contributed by atoms with Crippen LogP contribution in [0.4, 0.5) is 4.39 Å². The highest BCUT2D eigenvalue weighted by molar-refractivity contribution is 6.30. The van der Waals surface area contributed by atoms with E-state index in [0.29, 0.717) is 10.6 Å². The minimum Gasteiger partial charge on any atom is -0.396 e. The monoisotopic (exact) mass is 200 g/mol. The van der Waals surface area contributed by atoms with E-state index in [4.69, 9.17) is 16.7 Å². The number of hydrogen-bond donors (Lipinski definition) is 1. The smallest absolute Gasteiger partial charge is 0.128 e. The Morgan fingerprint density at radius 2 is 2.31 bits per heavy atom. The third-order valence-electron chi connectivity index (χ3n) is 2.52. The molecule has 0 radical (unpaired) electrons. The fourth-order valence-corrected chi connectivity index (χ4v) is 1.79. The van der Waals surface area contributed by atoms with Gasteiger partial charge in [0.2, 0.25) is 0 Å². The van der Waals surface area contributed by atoms with Gasteiger partial charge in [0.15, 0.2) is 0 Å². The molecule has 2 atom stereocenters. The standard InChI is InChI=1S/C10H10ClFO/c11-7-1-2-8(10(12)4-7)9-3-6(9)5-13/h1-2,4,6,9,13H,3,5H2. The van der Waals surface area contributed by atoms with Crippen LogP contribution < -0.4 is 0 Å². The summed E-state index contributed by atoms with van der Waals surface area (Å²) < 4.78 is 13.3. The van der Waals surface area contributed by atoms with Crippen molar-refractivity contribution in [2.24, 2.45) is 5.92 Å². The van der Waals surface area contributed by atoms with Gasteiger partial charge in [-0.1, -0.05) is 17.7 Å². The third-order valence-corrected chi connectivity index (χ3v) is 2.75. The lowest BCUT2D eigenvalue weighted by atomic mass is 10.1. The van der Waals surface area contributed by atoms with E-state index in [2.05, 4.69) is 0 Å². The number of halogens is 2. The molecule has 2 unspecified atom stereocenters. The Hall–Kier alpha value is -0.600. The zero-order valence-electron chi connectivity index (χ0n) is 7.00. The van der Waals surface area contributed by atoms with Gasteiger partial charge < -0.3 is 5.11 Å². The van der Waals surface area contributed by atoms with E-state index in [0.717, 1.165) is 6.42 Å². The number of rotatable bonds is 2. The maximum absolute atomic E-state index is 13.3. The third kappa shape index (κ3) is 1.69. The maximum atomic E-state index is 13.3. The molecular formula is C10H10ClFO. The lowest BCUT2D eigenvalue weighted by molar-refractivity contribution is 0.273. The second kappa shape index (κ2) is 3.28. The zero-order chi connectivity index (χ0) is 9.42. The summed E-state index contributed by atoms with van der Waals surface area (Å²) in [5.41, 5.74) is 0.684. The van der Waals surface area contributed by atoms with Crippen molar-refractivity contribution >= 4 is 11.6 Å². The predicted octanol–water partition coefficient (Wildman–Crippen LogP) is 2.57. The van der Waals surface area contributed by atoms with Gasteiger partial charge in [-0.15, -0.1) is 0 Å². The number of benzene rings is 1. The molecule has 0 heterocycles. The van der Waals surface area contributed by atoms with Crippen molar-refractivity contribution in [2.45, 2.75) is 12.3 Å². The Balaban J connectivity index is 2.22. The summed E-state index contributed by atoms with van der Waals surface area (Å²) in [6.45, 7) is 0.146. The average molecular weight is 201 g/mol. The highest BCUT2D eigenvalue weighted by Gasteiger charge is 2.39. The van der Waals surface area contributed by atoms with Crippen molar-refractivity contribution in [3.8, 4) is 0 Å². The van der Waals surface area contributed by atoms with Gasteiger partial charge >= 0.3 is 0 Å². The second-order valence-corrected chi connectivity index (χ2v) is 3.89. The van der Waals surface area contributed by atoms with Gasteiger partial charge in [0.25, 0.3) is 0 Å². The molecule has 70 valence electrons. The molecule has 0 aliphatic heterocycles. The number of aliphatic hydroxyl groups excluding tert-OH is 1. The molecule has 0 amide bonds. The lowest BCUT2D eigenvalue weighted by Gasteiger charge is -2.01. The molecule has 0 spiro atoms. The van der Waals surface area contributed by atoms with Crippen molar-refractivity contribution in [3.05, 3.63) is 34.6 Å². The van der Waals surface area contributed by atoms with Crippen LogP contribution in [-0.4, -0.2) is 11.7 Å². The van der Waals surface area contributed by atoms with Crippen LogP contribution >= 0.6 is 11.6 Å². The van der Waals surface area contributed by atoms with Gasteiger partial charge in [0.05, 0.1) is 0 Å². The van der Waals surface area contributed by atoms with Gasteiger partial charge in [-0.05, 0) is 36.0 Å². The number of hydrogen-bond acceptors (Lipinski definition) is 1. The SMILES string of the molecule is OCC1CC1c1ccc(Cl)cc1F. The molecule has 0 bridgehead atoms. The molecule has 1 fully saturated rings. The van der Waals surface area contributed by atoms with Crippen LogP contribution in [0.2, 0.25) is 5.02 Å². The summed E-state index contributed by atoms with van der Waals surface area (Å²) in [6.07, 6.45) is 0.884. The summed E-state index contributed by atoms with van der Waals surface area (Å²) in [5.74, 6) is 0.186. The molecule has 13 heavy (non-hydrogen) atoms. The summed E-state index contributed by atoms with van der Waals surface area (Å²) in [6, 6.07) is 4.72. The quantitative estimate of drug-likeness (QED) is 0.778. The van der Waals surface area contributed by atoms with Crippen molar-refractivity contribution in [1.29, 1.82) is 0 Å². The van der Waals surface area contributed by atoms with Crippen molar-refractivity contribution in [3.63, 3.8) is 0 Å². The van der Waals surface area contributed by atoms with Crippen molar-refractivity contribution in [1.82, 2.24) is 0 Å². The Morgan fingerprint density at radius 3 is 2.85 bits per heavy atom. The van der Waals surface area contributed by atoms with Gasteiger partial charge in [0.1, 0.15) is 5.82 Å². The molecule has 2 rings (SSSR count). The Labute approximate surface area is 81.1 Å². The van der Waals surface area contributed by atoms with E-state index in [9.17, 15) is 4.39 Å². The molecule has 1 aromatic rings. The molecule has 1 saturated carbocycles. The fourth-order valence-electron chi connectivity index (χ4n) is 1.63. The van der Waals surface area contributed by atoms with E-state index in [1.165, 1.54) is 6.07 Å². The molecule has 1 N–H and O–H groups in total. The largest absolute Gasteiger partial charge is 0.396 e. The first-order valence-electron chi connectivity index (χ1n) is 4.28. The van der Waals surface area contributed by atoms with E-state index in [1.54, 1.807) is 12.1 Å². The van der Waals surface area contributed by atoms with Crippen LogP contribution in [0.25, 0.3) is 0 Å². The first-order valence-corrected chi connectivity index (χ1v) is 4.66. The van der Waals surface area contributed by atoms with E-state index >= 15 is 0 Å². The molecule has 0 saturated heterocycles. The molecule has 1 aliphatic rings. The molecule has 1 aliphatic carbocycles. The average Bonchev–Trinajstić information content (AvgIpc) is 2.83. The van der Waals surface area contributed by atoms with Crippen LogP contribution in [0, 0.1) is 11.7 Å². The van der Waals surface area contributed by atoms with Crippen LogP contribution in [0.5, 0.6) is 0 Å². The van der Waals surface area contributed by atoms with E-state index < -0.39 is 0 Å². The first kappa shape index (κ1) is 8.97. The molecule has 3 heteroatoms. The minimum atomic E-state index is -0.256. The normalized spacial score (nSPS) is 26.1. The molecule has 1 aromatic carbocycles. The van der Waals surface area contributed by atoms with Gasteiger partial charge in [-0.2, -0.15) is 0 Å². The lowest BCUT2D eigenvalue weighted by Crippen LogP contribution is -1.92. The Bertz CT molecular complexity index is 327. The van der Waals surface area contributed by atoms with E-state index in [-0.39, 0.29) is 24.3 Å². The highest BCUT2D eigenvalue weighted by Crippen LogP contribution is 2.47. The highest BCUT2D eigenvalue weighted by atomic mass is 35.5. The minimum absolute atomic E-state index is 0.146. The fraction of sp³-hybridized carbons (Fsp3) is 0.400. The van der Waals surface area contributed by atoms with Crippen LogP contribution in [0.3, 0.4) is 0 Å². The summed E-state index contributed by atoms with van der Waals surface area (Å²) in [4.78, 5) is 0. The topological polar surface area (TPSA) is 20.2 Å². The van der Waals surface area contributed by atoms with Crippen molar-refractivity contribution < 1.29 is 9.50 Å². The zero-order valence-corrected chi connectivity index (χ0v) is 7.76. The summed E-state index contributed by atoms with van der Waals surface area (Å²) in [5, 5.41) is 9.25. The predicted molar refractivity (Wildman–Crippen MR) is 49.3 cm³/mol. The maximum Gasteiger partial charge on any atom is 0.128 e. The summed E-state index contributed by atoms with van der Waals surface area (Å²) in [7, 11) is 0. The van der Waals surface area contributed by atoms with Gasteiger partial charge in [-0.25, -0.2) is 4.39 Å². The van der Waals surface area contributed by atoms with Crippen molar-refractivity contribution in [2.75, 3.05) is 6.61 Å². The summed E-state index contributed by atoms with van der Waals surface area (Å²) >= 11 is 5.62.